The van der Waals surface area contributed by atoms with E-state index in [1.54, 1.807) is 60.4 Å². The fourth-order valence-electron chi connectivity index (χ4n) is 3.90. The normalized spacial score (nSPS) is 14.7. The molecule has 1 atom stereocenters. The summed E-state index contributed by atoms with van der Waals surface area (Å²) in [5.74, 6) is 0.494. The quantitative estimate of drug-likeness (QED) is 0.295. The number of phenols is 1. The van der Waals surface area contributed by atoms with Gasteiger partial charge in [0, 0.05) is 29.6 Å². The van der Waals surface area contributed by atoms with Gasteiger partial charge in [0.15, 0.2) is 5.82 Å². The zero-order valence-electron chi connectivity index (χ0n) is 18.4. The molecule has 1 aliphatic rings. The molecule has 0 saturated carbocycles. The van der Waals surface area contributed by atoms with Crippen molar-refractivity contribution in [3.8, 4) is 17.1 Å². The number of phenolic OH excluding ortho intramolecular Hbond substituents is 1. The maximum Gasteiger partial charge on any atom is 0.269 e. The molecule has 174 valence electrons. The molecule has 3 heterocycles. The number of non-ortho nitro benzene ring substituents is 1. The molecule has 0 fully saturated rings. The standard InChI is InChI=1S/C24H19N7O4/c1-14-20(23(33)27-17-3-2-12-25-13-17)21(15-6-10-19(32)11-7-15)30-24(26-14)28-22(29-30)16-4-8-18(9-5-16)31(34)35/h2-13,21,32H,1H3,(H,27,33)(H,26,28,29). The average Bonchev–Trinajstić information content (AvgIpc) is 3.28. The van der Waals surface area contributed by atoms with Crippen LogP contribution in [-0.4, -0.2) is 35.7 Å². The van der Waals surface area contributed by atoms with Gasteiger partial charge in [-0.1, -0.05) is 12.1 Å². The SMILES string of the molecule is CC1=C(C(=O)Nc2cccnc2)C(c2ccc(O)cc2)n2nc(-c3ccc([N+](=O)[O-])cc3)nc2N1. The molecule has 0 bridgehead atoms. The third kappa shape index (κ3) is 4.17. The van der Waals surface area contributed by atoms with Crippen molar-refractivity contribution in [3.63, 3.8) is 0 Å². The number of hydrogen-bond acceptors (Lipinski definition) is 8. The highest BCUT2D eigenvalue weighted by Crippen LogP contribution is 2.37. The largest absolute Gasteiger partial charge is 0.508 e. The number of amides is 1. The monoisotopic (exact) mass is 469 g/mol. The predicted octanol–water partition coefficient (Wildman–Crippen LogP) is 3.88. The summed E-state index contributed by atoms with van der Waals surface area (Å²) in [7, 11) is 0. The molecule has 1 aliphatic heterocycles. The number of carbonyl (C=O) groups excluding carboxylic acids is 1. The maximum absolute atomic E-state index is 13.4. The van der Waals surface area contributed by atoms with E-state index in [4.69, 9.17) is 0 Å². The smallest absolute Gasteiger partial charge is 0.269 e. The number of rotatable bonds is 5. The van der Waals surface area contributed by atoms with Crippen LogP contribution in [0.3, 0.4) is 0 Å². The number of benzene rings is 2. The highest BCUT2D eigenvalue weighted by molar-refractivity contribution is 6.05. The Morgan fingerprint density at radius 3 is 2.54 bits per heavy atom. The average molecular weight is 469 g/mol. The van der Waals surface area contributed by atoms with Gasteiger partial charge in [0.2, 0.25) is 5.95 Å². The number of nitro groups is 1. The molecular formula is C24H19N7O4. The van der Waals surface area contributed by atoms with E-state index in [0.717, 1.165) is 0 Å². The van der Waals surface area contributed by atoms with Crippen LogP contribution in [0.5, 0.6) is 5.75 Å². The zero-order valence-corrected chi connectivity index (χ0v) is 18.4. The lowest BCUT2D eigenvalue weighted by Gasteiger charge is -2.28. The van der Waals surface area contributed by atoms with Crippen molar-refractivity contribution in [3.05, 3.63) is 100 Å². The molecule has 35 heavy (non-hydrogen) atoms. The van der Waals surface area contributed by atoms with Crippen molar-refractivity contribution >= 4 is 23.2 Å². The number of nitrogens with one attached hydrogen (secondary N) is 2. The van der Waals surface area contributed by atoms with Crippen LogP contribution in [0.2, 0.25) is 0 Å². The fraction of sp³-hybridized carbons (Fsp3) is 0.0833. The van der Waals surface area contributed by atoms with E-state index < -0.39 is 11.0 Å². The van der Waals surface area contributed by atoms with Gasteiger partial charge in [0.25, 0.3) is 11.6 Å². The van der Waals surface area contributed by atoms with E-state index in [9.17, 15) is 20.0 Å². The molecule has 1 amide bonds. The van der Waals surface area contributed by atoms with Gasteiger partial charge < -0.3 is 15.7 Å². The van der Waals surface area contributed by atoms with Gasteiger partial charge in [-0.3, -0.25) is 19.9 Å². The molecule has 11 heteroatoms. The van der Waals surface area contributed by atoms with Crippen molar-refractivity contribution in [2.24, 2.45) is 0 Å². The van der Waals surface area contributed by atoms with Crippen LogP contribution in [0.25, 0.3) is 11.4 Å². The lowest BCUT2D eigenvalue weighted by atomic mass is 9.95. The Kier molecular flexibility index (Phi) is 5.41. The zero-order chi connectivity index (χ0) is 24.5. The Hall–Kier alpha value is -5.06. The third-order valence-electron chi connectivity index (χ3n) is 5.56. The summed E-state index contributed by atoms with van der Waals surface area (Å²) in [5.41, 5.74) is 2.79. The van der Waals surface area contributed by atoms with Crippen molar-refractivity contribution in [2.75, 3.05) is 10.6 Å². The number of carbonyl (C=O) groups is 1. The molecule has 1 unspecified atom stereocenters. The van der Waals surface area contributed by atoms with Crippen LogP contribution in [0.4, 0.5) is 17.3 Å². The fourth-order valence-corrected chi connectivity index (χ4v) is 3.90. The number of pyridine rings is 1. The van der Waals surface area contributed by atoms with Crippen molar-refractivity contribution in [2.45, 2.75) is 13.0 Å². The summed E-state index contributed by atoms with van der Waals surface area (Å²) in [6, 6.07) is 15.2. The summed E-state index contributed by atoms with van der Waals surface area (Å²) in [5, 5.41) is 31.4. The maximum atomic E-state index is 13.4. The van der Waals surface area contributed by atoms with Crippen LogP contribution < -0.4 is 10.6 Å². The lowest BCUT2D eigenvalue weighted by molar-refractivity contribution is -0.384. The summed E-state index contributed by atoms with van der Waals surface area (Å²) < 4.78 is 1.59. The number of allylic oxidation sites excluding steroid dienone is 1. The molecule has 2 aromatic heterocycles. The third-order valence-corrected chi connectivity index (χ3v) is 5.56. The first-order valence-corrected chi connectivity index (χ1v) is 10.6. The van der Waals surface area contributed by atoms with Crippen molar-refractivity contribution in [1.29, 1.82) is 0 Å². The van der Waals surface area contributed by atoms with Gasteiger partial charge in [-0.2, -0.15) is 4.98 Å². The summed E-state index contributed by atoms with van der Waals surface area (Å²) >= 11 is 0. The second kappa shape index (κ2) is 8.71. The van der Waals surface area contributed by atoms with E-state index in [1.807, 2.05) is 0 Å². The van der Waals surface area contributed by atoms with Crippen LogP contribution in [0, 0.1) is 10.1 Å². The minimum absolute atomic E-state index is 0.0373. The molecular weight excluding hydrogens is 450 g/mol. The number of fused-ring (bicyclic) bond motifs is 1. The molecule has 3 N–H and O–H groups in total. The second-order valence-electron chi connectivity index (χ2n) is 7.86. The molecule has 0 aliphatic carbocycles. The first-order valence-electron chi connectivity index (χ1n) is 10.6. The van der Waals surface area contributed by atoms with Gasteiger partial charge in [0.05, 0.1) is 22.4 Å². The Labute approximate surface area is 198 Å². The molecule has 5 rings (SSSR count). The molecule has 0 radical (unpaired) electrons. The van der Waals surface area contributed by atoms with E-state index in [2.05, 4.69) is 25.7 Å². The summed E-state index contributed by atoms with van der Waals surface area (Å²) in [6.07, 6.45) is 3.16. The number of hydrogen-bond donors (Lipinski definition) is 3. The topological polar surface area (TPSA) is 148 Å². The minimum Gasteiger partial charge on any atom is -0.508 e. The van der Waals surface area contributed by atoms with E-state index in [1.165, 1.54) is 24.3 Å². The van der Waals surface area contributed by atoms with Gasteiger partial charge in [-0.05, 0) is 48.9 Å². The Balaban J connectivity index is 1.58. The molecule has 11 nitrogen and oxygen atoms in total. The van der Waals surface area contributed by atoms with Crippen molar-refractivity contribution in [1.82, 2.24) is 19.7 Å². The minimum atomic E-state index is -0.650. The van der Waals surface area contributed by atoms with Gasteiger partial charge >= 0.3 is 0 Å². The van der Waals surface area contributed by atoms with Gasteiger partial charge in [-0.25, -0.2) is 4.68 Å². The van der Waals surface area contributed by atoms with Crippen LogP contribution in [0.15, 0.2) is 84.3 Å². The first-order chi connectivity index (χ1) is 16.9. The molecule has 0 spiro atoms. The van der Waals surface area contributed by atoms with E-state index in [0.29, 0.717) is 39.9 Å². The number of aromatic nitrogens is 4. The second-order valence-corrected chi connectivity index (χ2v) is 7.86. The first kappa shape index (κ1) is 21.8. The Bertz CT molecular complexity index is 1450. The summed E-state index contributed by atoms with van der Waals surface area (Å²) in [4.78, 5) is 32.5. The lowest BCUT2D eigenvalue weighted by Crippen LogP contribution is -2.31. The van der Waals surface area contributed by atoms with E-state index in [-0.39, 0.29) is 17.3 Å². The number of nitro benzene ring substituents is 1. The Morgan fingerprint density at radius 2 is 1.89 bits per heavy atom. The highest BCUT2D eigenvalue weighted by Gasteiger charge is 2.34. The molecule has 0 saturated heterocycles. The Morgan fingerprint density at radius 1 is 1.14 bits per heavy atom. The van der Waals surface area contributed by atoms with Crippen LogP contribution >= 0.6 is 0 Å². The van der Waals surface area contributed by atoms with Crippen LogP contribution in [0.1, 0.15) is 18.5 Å². The predicted molar refractivity (Wildman–Crippen MR) is 128 cm³/mol. The highest BCUT2D eigenvalue weighted by atomic mass is 16.6. The van der Waals surface area contributed by atoms with Crippen molar-refractivity contribution < 1.29 is 14.8 Å². The van der Waals surface area contributed by atoms with Gasteiger partial charge in [-0.15, -0.1) is 5.10 Å². The van der Waals surface area contributed by atoms with Crippen LogP contribution in [-0.2, 0) is 4.79 Å². The molecule has 2 aromatic carbocycles. The number of anilines is 2. The number of nitrogens with zero attached hydrogens (tertiary/aromatic N) is 5. The van der Waals surface area contributed by atoms with E-state index >= 15 is 0 Å². The molecule has 4 aromatic rings. The number of aromatic hydroxyl groups is 1. The summed E-state index contributed by atoms with van der Waals surface area (Å²) in [6.45, 7) is 1.77. The van der Waals surface area contributed by atoms with Gasteiger partial charge in [0.1, 0.15) is 11.8 Å².